The Hall–Kier alpha value is -1.63. The number of nitrogens with zero attached hydrogens (tertiary/aromatic N) is 2. The molecule has 2 atom stereocenters. The Labute approximate surface area is 150 Å². The first-order valence-electron chi connectivity index (χ1n) is 9.12. The standard InChI is InChI=1S/C19H30N2O4/c1-3-18(16-8-6-5-7-9-16)25-15-17(22)14-20-10-12-21(13-11-20)19(23)24-4-2/h5-9,17-18,22H,3-4,10-15H2,1-2H3/t17-,18+/m0/s1. The van der Waals surface area contributed by atoms with Gasteiger partial charge in [-0.05, 0) is 18.9 Å². The van der Waals surface area contributed by atoms with Gasteiger partial charge in [0.25, 0.3) is 0 Å². The quantitative estimate of drug-likeness (QED) is 0.779. The third kappa shape index (κ3) is 6.30. The van der Waals surface area contributed by atoms with E-state index in [1.807, 2.05) is 25.1 Å². The van der Waals surface area contributed by atoms with E-state index in [0.717, 1.165) is 25.1 Å². The number of hydrogen-bond acceptors (Lipinski definition) is 5. The summed E-state index contributed by atoms with van der Waals surface area (Å²) >= 11 is 0. The molecule has 1 N–H and O–H groups in total. The molecule has 1 amide bonds. The molecule has 0 spiro atoms. The molecule has 25 heavy (non-hydrogen) atoms. The molecule has 6 nitrogen and oxygen atoms in total. The van der Waals surface area contributed by atoms with Gasteiger partial charge in [-0.1, -0.05) is 37.3 Å². The molecule has 1 aliphatic rings. The van der Waals surface area contributed by atoms with E-state index in [9.17, 15) is 9.90 Å². The number of β-amino-alcohol motifs (C(OH)–C–C–N with tert-alkyl or cyclic N) is 1. The van der Waals surface area contributed by atoms with Crippen LogP contribution in [0, 0.1) is 0 Å². The van der Waals surface area contributed by atoms with Crippen molar-refractivity contribution in [1.82, 2.24) is 9.80 Å². The molecular weight excluding hydrogens is 320 g/mol. The molecule has 1 aromatic rings. The molecule has 1 fully saturated rings. The maximum atomic E-state index is 11.7. The van der Waals surface area contributed by atoms with Gasteiger partial charge in [0.2, 0.25) is 0 Å². The lowest BCUT2D eigenvalue weighted by molar-refractivity contribution is -0.0279. The van der Waals surface area contributed by atoms with Gasteiger partial charge in [0.15, 0.2) is 0 Å². The van der Waals surface area contributed by atoms with Gasteiger partial charge in [-0.25, -0.2) is 4.79 Å². The summed E-state index contributed by atoms with van der Waals surface area (Å²) in [6.07, 6.45) is 0.0951. The van der Waals surface area contributed by atoms with Crippen LogP contribution in [-0.4, -0.2) is 73.0 Å². The number of carbonyl (C=O) groups is 1. The Bertz CT molecular complexity index is 503. The molecule has 0 aromatic heterocycles. The Morgan fingerprint density at radius 1 is 1.16 bits per heavy atom. The minimum absolute atomic E-state index is 0.0107. The van der Waals surface area contributed by atoms with Gasteiger partial charge >= 0.3 is 6.09 Å². The highest BCUT2D eigenvalue weighted by atomic mass is 16.6. The van der Waals surface area contributed by atoms with E-state index in [1.165, 1.54) is 0 Å². The van der Waals surface area contributed by atoms with E-state index in [1.54, 1.807) is 4.90 Å². The largest absolute Gasteiger partial charge is 0.450 e. The summed E-state index contributed by atoms with van der Waals surface area (Å²) in [5.74, 6) is 0. The number of carbonyl (C=O) groups excluding carboxylic acids is 1. The Morgan fingerprint density at radius 2 is 1.84 bits per heavy atom. The van der Waals surface area contributed by atoms with E-state index >= 15 is 0 Å². The van der Waals surface area contributed by atoms with Gasteiger partial charge in [0.1, 0.15) is 0 Å². The summed E-state index contributed by atoms with van der Waals surface area (Å²) in [7, 11) is 0. The monoisotopic (exact) mass is 350 g/mol. The van der Waals surface area contributed by atoms with Crippen LogP contribution in [0.4, 0.5) is 4.79 Å². The average Bonchev–Trinajstić information content (AvgIpc) is 2.64. The number of aliphatic hydroxyl groups excluding tert-OH is 1. The van der Waals surface area contributed by atoms with Crippen LogP contribution in [0.25, 0.3) is 0 Å². The summed E-state index contributed by atoms with van der Waals surface area (Å²) in [6, 6.07) is 10.1. The van der Waals surface area contributed by atoms with Crippen molar-refractivity contribution in [3.05, 3.63) is 35.9 Å². The van der Waals surface area contributed by atoms with Crippen molar-refractivity contribution in [1.29, 1.82) is 0 Å². The molecule has 1 saturated heterocycles. The van der Waals surface area contributed by atoms with E-state index in [0.29, 0.717) is 32.8 Å². The number of aliphatic hydroxyl groups is 1. The summed E-state index contributed by atoms with van der Waals surface area (Å²) in [6.45, 7) is 7.91. The molecule has 1 heterocycles. The molecule has 0 radical (unpaired) electrons. The molecule has 0 aliphatic carbocycles. The lowest BCUT2D eigenvalue weighted by Crippen LogP contribution is -2.51. The van der Waals surface area contributed by atoms with Crippen molar-refractivity contribution in [3.63, 3.8) is 0 Å². The third-order valence-electron chi connectivity index (χ3n) is 4.40. The average molecular weight is 350 g/mol. The van der Waals surface area contributed by atoms with Gasteiger partial charge in [-0.15, -0.1) is 0 Å². The second-order valence-electron chi connectivity index (χ2n) is 6.28. The first-order chi connectivity index (χ1) is 12.1. The van der Waals surface area contributed by atoms with E-state index < -0.39 is 6.10 Å². The van der Waals surface area contributed by atoms with Crippen LogP contribution in [0.1, 0.15) is 31.9 Å². The molecule has 140 valence electrons. The van der Waals surface area contributed by atoms with Crippen molar-refractivity contribution < 1.29 is 19.4 Å². The summed E-state index contributed by atoms with van der Waals surface area (Å²) < 4.78 is 10.9. The second kappa shape index (κ2) is 10.4. The van der Waals surface area contributed by atoms with Crippen molar-refractivity contribution in [2.45, 2.75) is 32.5 Å². The van der Waals surface area contributed by atoms with Crippen molar-refractivity contribution in [2.24, 2.45) is 0 Å². The molecule has 1 aromatic carbocycles. The highest BCUT2D eigenvalue weighted by Crippen LogP contribution is 2.20. The zero-order valence-electron chi connectivity index (χ0n) is 15.3. The number of ether oxygens (including phenoxy) is 2. The summed E-state index contributed by atoms with van der Waals surface area (Å²) in [5, 5.41) is 10.3. The maximum absolute atomic E-state index is 11.7. The van der Waals surface area contributed by atoms with Crippen LogP contribution in [0.15, 0.2) is 30.3 Å². The highest BCUT2D eigenvalue weighted by Gasteiger charge is 2.23. The fourth-order valence-corrected chi connectivity index (χ4v) is 3.02. The van der Waals surface area contributed by atoms with E-state index in [4.69, 9.17) is 9.47 Å². The van der Waals surface area contributed by atoms with E-state index in [2.05, 4.69) is 24.0 Å². The lowest BCUT2D eigenvalue weighted by atomic mass is 10.1. The number of amides is 1. The Kier molecular flexibility index (Phi) is 8.18. The minimum Gasteiger partial charge on any atom is -0.450 e. The van der Waals surface area contributed by atoms with Crippen LogP contribution in [0.5, 0.6) is 0 Å². The molecular formula is C19H30N2O4. The lowest BCUT2D eigenvalue weighted by Gasteiger charge is -2.35. The zero-order valence-corrected chi connectivity index (χ0v) is 15.3. The highest BCUT2D eigenvalue weighted by molar-refractivity contribution is 5.67. The zero-order chi connectivity index (χ0) is 18.1. The van der Waals surface area contributed by atoms with Crippen molar-refractivity contribution >= 4 is 6.09 Å². The van der Waals surface area contributed by atoms with Gasteiger partial charge in [0.05, 0.1) is 25.4 Å². The third-order valence-corrected chi connectivity index (χ3v) is 4.40. The number of hydrogen-bond donors (Lipinski definition) is 1. The Balaban J connectivity index is 1.70. The van der Waals surface area contributed by atoms with Crippen LogP contribution in [0.3, 0.4) is 0 Å². The molecule has 1 aliphatic heterocycles. The van der Waals surface area contributed by atoms with Crippen LogP contribution < -0.4 is 0 Å². The predicted octanol–water partition coefficient (Wildman–Crippen LogP) is 2.29. The fourth-order valence-electron chi connectivity index (χ4n) is 3.02. The molecule has 2 rings (SSSR count). The van der Waals surface area contributed by atoms with E-state index in [-0.39, 0.29) is 12.2 Å². The second-order valence-corrected chi connectivity index (χ2v) is 6.28. The first kappa shape index (κ1) is 19.7. The molecule has 6 heteroatoms. The predicted molar refractivity (Wildman–Crippen MR) is 96.5 cm³/mol. The van der Waals surface area contributed by atoms with Crippen LogP contribution in [0.2, 0.25) is 0 Å². The first-order valence-corrected chi connectivity index (χ1v) is 9.12. The topological polar surface area (TPSA) is 62.2 Å². The minimum atomic E-state index is -0.535. The number of benzene rings is 1. The number of piperazine rings is 1. The molecule has 0 bridgehead atoms. The smallest absolute Gasteiger partial charge is 0.409 e. The summed E-state index contributed by atoms with van der Waals surface area (Å²) in [5.41, 5.74) is 1.14. The summed E-state index contributed by atoms with van der Waals surface area (Å²) in [4.78, 5) is 15.6. The van der Waals surface area contributed by atoms with Crippen molar-refractivity contribution in [3.8, 4) is 0 Å². The normalized spacial score (nSPS) is 18.0. The molecule has 0 saturated carbocycles. The maximum Gasteiger partial charge on any atom is 0.409 e. The van der Waals surface area contributed by atoms with Gasteiger partial charge in [-0.2, -0.15) is 0 Å². The van der Waals surface area contributed by atoms with Gasteiger partial charge < -0.3 is 19.5 Å². The Morgan fingerprint density at radius 3 is 2.44 bits per heavy atom. The van der Waals surface area contributed by atoms with Crippen LogP contribution in [-0.2, 0) is 9.47 Å². The van der Waals surface area contributed by atoms with Gasteiger partial charge in [-0.3, -0.25) is 4.90 Å². The van der Waals surface area contributed by atoms with Crippen LogP contribution >= 0.6 is 0 Å². The fraction of sp³-hybridized carbons (Fsp3) is 0.632. The SMILES string of the molecule is CCOC(=O)N1CCN(C[C@H](O)CO[C@H](CC)c2ccccc2)CC1. The van der Waals surface area contributed by atoms with Gasteiger partial charge in [0, 0.05) is 32.7 Å². The number of rotatable bonds is 8. The molecule has 0 unspecified atom stereocenters. The van der Waals surface area contributed by atoms with Crippen molar-refractivity contribution in [2.75, 3.05) is 45.9 Å².